The number of nitro benzene ring substituents is 1. The minimum Gasteiger partial charge on any atom is -0.481 e. The molecule has 0 aromatic heterocycles. The van der Waals surface area contributed by atoms with Crippen LogP contribution in [0.1, 0.15) is 6.42 Å². The Kier molecular flexibility index (Phi) is 5.19. The summed E-state index contributed by atoms with van der Waals surface area (Å²) in [5, 5.41) is 22.0. The molecule has 0 radical (unpaired) electrons. The highest BCUT2D eigenvalue weighted by molar-refractivity contribution is 5.67. The van der Waals surface area contributed by atoms with Gasteiger partial charge in [-0.3, -0.25) is 14.9 Å². The molecule has 104 valence electrons. The van der Waals surface area contributed by atoms with Crippen molar-refractivity contribution in [2.75, 3.05) is 19.0 Å². The van der Waals surface area contributed by atoms with E-state index in [-0.39, 0.29) is 18.7 Å². The molecule has 1 atom stereocenters. The average Bonchev–Trinajstić information content (AvgIpc) is 2.33. The summed E-state index contributed by atoms with van der Waals surface area (Å²) in [4.78, 5) is 20.4. The maximum atomic E-state index is 13.3. The molecule has 1 aromatic rings. The Morgan fingerprint density at radius 3 is 2.84 bits per heavy atom. The summed E-state index contributed by atoms with van der Waals surface area (Å²) in [6.45, 7) is 0.0209. The molecule has 0 aliphatic rings. The Hall–Kier alpha value is -2.22. The first kappa shape index (κ1) is 14.8. The lowest BCUT2D eigenvalue weighted by Crippen LogP contribution is -2.25. The summed E-state index contributed by atoms with van der Waals surface area (Å²) in [5.74, 6) is -2.01. The summed E-state index contributed by atoms with van der Waals surface area (Å²) in [7, 11) is 1.33. The lowest BCUT2D eigenvalue weighted by atomic mass is 10.2. The van der Waals surface area contributed by atoms with Crippen LogP contribution < -0.4 is 5.32 Å². The number of para-hydroxylation sites is 1. The average molecular weight is 272 g/mol. The van der Waals surface area contributed by atoms with E-state index >= 15 is 0 Å². The highest BCUT2D eigenvalue weighted by Crippen LogP contribution is 2.27. The van der Waals surface area contributed by atoms with Gasteiger partial charge in [-0.2, -0.15) is 4.39 Å². The van der Waals surface area contributed by atoms with Crippen LogP contribution in [-0.4, -0.2) is 35.8 Å². The topological polar surface area (TPSA) is 102 Å². The minimum absolute atomic E-state index is 0.0163. The zero-order chi connectivity index (χ0) is 14.4. The number of hydrogen-bond acceptors (Lipinski definition) is 5. The van der Waals surface area contributed by atoms with Crippen molar-refractivity contribution in [3.05, 3.63) is 34.1 Å². The molecule has 1 rings (SSSR count). The molecule has 1 unspecified atom stereocenters. The number of halogens is 1. The first-order valence-electron chi connectivity index (χ1n) is 5.37. The van der Waals surface area contributed by atoms with Crippen molar-refractivity contribution >= 4 is 17.3 Å². The number of methoxy groups -OCH3 is 1. The zero-order valence-electron chi connectivity index (χ0n) is 10.1. The molecular weight excluding hydrogens is 259 g/mol. The van der Waals surface area contributed by atoms with Gasteiger partial charge in [0.1, 0.15) is 5.69 Å². The molecule has 2 N–H and O–H groups in total. The van der Waals surface area contributed by atoms with Crippen molar-refractivity contribution < 1.29 is 24.0 Å². The third kappa shape index (κ3) is 4.18. The predicted molar refractivity (Wildman–Crippen MR) is 64.6 cm³/mol. The fourth-order valence-corrected chi connectivity index (χ4v) is 1.50. The lowest BCUT2D eigenvalue weighted by Gasteiger charge is -2.14. The van der Waals surface area contributed by atoms with Crippen LogP contribution in [0.3, 0.4) is 0 Å². The Morgan fingerprint density at radius 1 is 1.63 bits per heavy atom. The van der Waals surface area contributed by atoms with Gasteiger partial charge in [-0.25, -0.2) is 0 Å². The third-order valence-corrected chi connectivity index (χ3v) is 2.43. The Labute approximate surface area is 108 Å². The highest BCUT2D eigenvalue weighted by Gasteiger charge is 2.21. The van der Waals surface area contributed by atoms with E-state index in [1.165, 1.54) is 19.2 Å². The van der Waals surface area contributed by atoms with Gasteiger partial charge < -0.3 is 15.2 Å². The van der Waals surface area contributed by atoms with Crippen molar-refractivity contribution in [2.24, 2.45) is 0 Å². The predicted octanol–water partition coefficient (Wildman–Crippen LogP) is 1.64. The van der Waals surface area contributed by atoms with Crippen LogP contribution in [0.5, 0.6) is 0 Å². The molecule has 19 heavy (non-hydrogen) atoms. The molecule has 7 nitrogen and oxygen atoms in total. The van der Waals surface area contributed by atoms with E-state index < -0.39 is 28.5 Å². The first-order chi connectivity index (χ1) is 8.95. The lowest BCUT2D eigenvalue weighted by molar-refractivity contribution is -0.386. The maximum Gasteiger partial charge on any atom is 0.327 e. The minimum atomic E-state index is -1.05. The molecule has 0 spiro atoms. The fraction of sp³-hybridized carbons (Fsp3) is 0.364. The molecule has 0 saturated carbocycles. The van der Waals surface area contributed by atoms with E-state index in [1.807, 2.05) is 0 Å². The third-order valence-electron chi connectivity index (χ3n) is 2.43. The van der Waals surface area contributed by atoms with Gasteiger partial charge in [0, 0.05) is 13.7 Å². The van der Waals surface area contributed by atoms with E-state index in [0.29, 0.717) is 0 Å². The quantitative estimate of drug-likeness (QED) is 0.578. The van der Waals surface area contributed by atoms with Gasteiger partial charge in [-0.15, -0.1) is 0 Å². The number of benzene rings is 1. The van der Waals surface area contributed by atoms with Crippen LogP contribution in [0.25, 0.3) is 0 Å². The zero-order valence-corrected chi connectivity index (χ0v) is 10.1. The molecule has 0 heterocycles. The fourth-order valence-electron chi connectivity index (χ4n) is 1.50. The van der Waals surface area contributed by atoms with E-state index in [2.05, 4.69) is 5.32 Å². The van der Waals surface area contributed by atoms with E-state index in [9.17, 15) is 19.3 Å². The largest absolute Gasteiger partial charge is 0.481 e. The van der Waals surface area contributed by atoms with E-state index in [1.54, 1.807) is 0 Å². The molecule has 0 fully saturated rings. The van der Waals surface area contributed by atoms with Crippen LogP contribution in [-0.2, 0) is 9.53 Å². The van der Waals surface area contributed by atoms with Crippen molar-refractivity contribution in [3.63, 3.8) is 0 Å². The van der Waals surface area contributed by atoms with Crippen LogP contribution in [0.15, 0.2) is 18.2 Å². The Morgan fingerprint density at radius 2 is 2.32 bits per heavy atom. The second-order valence-electron chi connectivity index (χ2n) is 3.73. The summed E-state index contributed by atoms with van der Waals surface area (Å²) < 4.78 is 18.2. The molecule has 0 aliphatic heterocycles. The second-order valence-corrected chi connectivity index (χ2v) is 3.73. The molecule has 0 amide bonds. The summed E-state index contributed by atoms with van der Waals surface area (Å²) in [6.07, 6.45) is -0.924. The monoisotopic (exact) mass is 272 g/mol. The van der Waals surface area contributed by atoms with Crippen LogP contribution in [0.2, 0.25) is 0 Å². The number of nitrogens with zero attached hydrogens (tertiary/aromatic N) is 1. The van der Waals surface area contributed by atoms with Gasteiger partial charge in [0.2, 0.25) is 5.82 Å². The molecule has 8 heteroatoms. The normalized spacial score (nSPS) is 11.9. The van der Waals surface area contributed by atoms with E-state index in [0.717, 1.165) is 6.07 Å². The van der Waals surface area contributed by atoms with Gasteiger partial charge in [-0.05, 0) is 12.1 Å². The summed E-state index contributed by atoms with van der Waals surface area (Å²) in [5.41, 5.74) is -0.690. The molecule has 0 aliphatic carbocycles. The van der Waals surface area contributed by atoms with Gasteiger partial charge in [0.05, 0.1) is 17.4 Å². The van der Waals surface area contributed by atoms with Crippen LogP contribution >= 0.6 is 0 Å². The van der Waals surface area contributed by atoms with Gasteiger partial charge >= 0.3 is 11.7 Å². The van der Waals surface area contributed by atoms with Crippen LogP contribution in [0, 0.1) is 15.9 Å². The molecule has 0 bridgehead atoms. The van der Waals surface area contributed by atoms with Gasteiger partial charge in [0.15, 0.2) is 0 Å². The summed E-state index contributed by atoms with van der Waals surface area (Å²) >= 11 is 0. The number of aliphatic carboxylic acids is 1. The number of hydrogen-bond donors (Lipinski definition) is 2. The van der Waals surface area contributed by atoms with Crippen molar-refractivity contribution in [1.29, 1.82) is 0 Å². The standard InChI is InChI=1S/C11H13FN2O5/c1-19-7(5-10(15)16)6-13-9-4-2-3-8(12)11(9)14(17)18/h2-4,7,13H,5-6H2,1H3,(H,15,16). The van der Waals surface area contributed by atoms with Crippen LogP contribution in [0.4, 0.5) is 15.8 Å². The number of nitro groups is 1. The van der Waals surface area contributed by atoms with Crippen molar-refractivity contribution in [2.45, 2.75) is 12.5 Å². The van der Waals surface area contributed by atoms with Crippen molar-refractivity contribution in [3.8, 4) is 0 Å². The molecule has 1 aromatic carbocycles. The number of carbonyl (C=O) groups is 1. The Balaban J connectivity index is 2.79. The highest BCUT2D eigenvalue weighted by atomic mass is 19.1. The SMILES string of the molecule is COC(CNc1cccc(F)c1[N+](=O)[O-])CC(=O)O. The van der Waals surface area contributed by atoms with Crippen molar-refractivity contribution in [1.82, 2.24) is 0 Å². The first-order valence-corrected chi connectivity index (χ1v) is 5.37. The van der Waals surface area contributed by atoms with E-state index in [4.69, 9.17) is 9.84 Å². The second kappa shape index (κ2) is 6.64. The molecular formula is C11H13FN2O5. The molecule has 0 saturated heterocycles. The maximum absolute atomic E-state index is 13.3. The number of rotatable bonds is 7. The number of anilines is 1. The number of carboxylic acids is 1. The number of ether oxygens (including phenoxy) is 1. The number of carboxylic acid groups (broad SMARTS) is 1. The smallest absolute Gasteiger partial charge is 0.327 e. The summed E-state index contributed by atoms with van der Waals surface area (Å²) in [6, 6.07) is 3.65. The van der Waals surface area contributed by atoms with Gasteiger partial charge in [0.25, 0.3) is 0 Å². The number of nitrogens with one attached hydrogen (secondary N) is 1. The Bertz CT molecular complexity index is 480. The van der Waals surface area contributed by atoms with Gasteiger partial charge in [-0.1, -0.05) is 6.07 Å².